The lowest BCUT2D eigenvalue weighted by molar-refractivity contribution is -0.138. The molecule has 0 N–H and O–H groups in total. The normalized spacial score (nSPS) is 17.9. The van der Waals surface area contributed by atoms with Crippen molar-refractivity contribution in [2.24, 2.45) is 0 Å². The number of aryl methyl sites for hydroxylation is 3. The van der Waals surface area contributed by atoms with Crippen LogP contribution < -0.4 is 0 Å². The van der Waals surface area contributed by atoms with E-state index < -0.39 is 0 Å². The summed E-state index contributed by atoms with van der Waals surface area (Å²) in [6.45, 7) is 3.98. The van der Waals surface area contributed by atoms with E-state index in [1.54, 1.807) is 17.7 Å². The number of hydrogen-bond donors (Lipinski definition) is 0. The molecule has 0 radical (unpaired) electrons. The van der Waals surface area contributed by atoms with Gasteiger partial charge in [-0.3, -0.25) is 4.79 Å². The van der Waals surface area contributed by atoms with E-state index in [2.05, 4.69) is 21.4 Å². The third-order valence-electron chi connectivity index (χ3n) is 4.24. The molecule has 1 aliphatic heterocycles. The summed E-state index contributed by atoms with van der Waals surface area (Å²) in [6.07, 6.45) is 4.85. The summed E-state index contributed by atoms with van der Waals surface area (Å²) < 4.78 is 5.83. The number of thiophene rings is 1. The highest BCUT2D eigenvalue weighted by atomic mass is 32.1. The van der Waals surface area contributed by atoms with Gasteiger partial charge in [0.15, 0.2) is 0 Å². The average molecular weight is 345 g/mol. The second-order valence-corrected chi connectivity index (χ2v) is 7.13. The van der Waals surface area contributed by atoms with Crippen molar-refractivity contribution in [3.63, 3.8) is 0 Å². The van der Waals surface area contributed by atoms with Crippen LogP contribution in [0.4, 0.5) is 0 Å². The van der Waals surface area contributed by atoms with E-state index in [-0.39, 0.29) is 12.0 Å². The molecule has 24 heavy (non-hydrogen) atoms. The van der Waals surface area contributed by atoms with E-state index in [4.69, 9.17) is 4.74 Å². The molecule has 5 nitrogen and oxygen atoms in total. The standard InChI is InChI=1S/C18H23N3O2S/c1-14-11-15(20-13-19-14)4-5-16-12-21(8-9-23-16)18(22)7-6-17-3-2-10-24-17/h2-3,10-11,13,16H,4-9,12H2,1H3/t16-/m0/s1. The van der Waals surface area contributed by atoms with Crippen molar-refractivity contribution < 1.29 is 9.53 Å². The van der Waals surface area contributed by atoms with E-state index in [0.29, 0.717) is 26.1 Å². The number of aromatic nitrogens is 2. The summed E-state index contributed by atoms with van der Waals surface area (Å²) in [5, 5.41) is 2.05. The molecule has 1 aliphatic rings. The van der Waals surface area contributed by atoms with Gasteiger partial charge < -0.3 is 9.64 Å². The first-order chi connectivity index (χ1) is 11.7. The molecule has 0 saturated carbocycles. The first kappa shape index (κ1) is 17.0. The van der Waals surface area contributed by atoms with Gasteiger partial charge in [-0.25, -0.2) is 9.97 Å². The molecule has 1 amide bonds. The van der Waals surface area contributed by atoms with Gasteiger partial charge in [0.2, 0.25) is 5.91 Å². The number of amides is 1. The number of ether oxygens (including phenoxy) is 1. The molecule has 2 aromatic rings. The minimum absolute atomic E-state index is 0.0970. The zero-order valence-corrected chi connectivity index (χ0v) is 14.8. The average Bonchev–Trinajstić information content (AvgIpc) is 3.12. The lowest BCUT2D eigenvalue weighted by atomic mass is 10.1. The summed E-state index contributed by atoms with van der Waals surface area (Å²) >= 11 is 1.71. The Labute approximate surface area is 146 Å². The minimum Gasteiger partial charge on any atom is -0.375 e. The van der Waals surface area contributed by atoms with Crippen molar-refractivity contribution in [1.29, 1.82) is 0 Å². The number of morpholine rings is 1. The molecular formula is C18H23N3O2S. The largest absolute Gasteiger partial charge is 0.375 e. The fourth-order valence-electron chi connectivity index (χ4n) is 2.92. The summed E-state index contributed by atoms with van der Waals surface area (Å²) in [4.78, 5) is 24.0. The quantitative estimate of drug-likeness (QED) is 0.808. The molecule has 6 heteroatoms. The van der Waals surface area contributed by atoms with Gasteiger partial charge in [0, 0.05) is 35.8 Å². The van der Waals surface area contributed by atoms with Crippen LogP contribution in [-0.4, -0.2) is 46.6 Å². The van der Waals surface area contributed by atoms with Gasteiger partial charge in [-0.2, -0.15) is 0 Å². The van der Waals surface area contributed by atoms with Crippen molar-refractivity contribution in [2.45, 2.75) is 38.7 Å². The van der Waals surface area contributed by atoms with E-state index in [9.17, 15) is 4.79 Å². The van der Waals surface area contributed by atoms with E-state index in [1.165, 1.54) is 4.88 Å². The van der Waals surface area contributed by atoms with Crippen LogP contribution in [0.2, 0.25) is 0 Å². The molecule has 1 fully saturated rings. The fraction of sp³-hybridized carbons (Fsp3) is 0.500. The van der Waals surface area contributed by atoms with Crippen LogP contribution in [-0.2, 0) is 22.4 Å². The van der Waals surface area contributed by atoms with Gasteiger partial charge in [-0.05, 0) is 43.7 Å². The van der Waals surface area contributed by atoms with Gasteiger partial charge in [0.1, 0.15) is 6.33 Å². The Hall–Kier alpha value is -1.79. The molecule has 0 spiro atoms. The Morgan fingerprint density at radius 3 is 3.12 bits per heavy atom. The molecule has 0 bridgehead atoms. The van der Waals surface area contributed by atoms with Crippen LogP contribution >= 0.6 is 11.3 Å². The van der Waals surface area contributed by atoms with Gasteiger partial charge in [-0.15, -0.1) is 11.3 Å². The monoisotopic (exact) mass is 345 g/mol. The molecule has 3 rings (SSSR count). The first-order valence-electron chi connectivity index (χ1n) is 8.40. The fourth-order valence-corrected chi connectivity index (χ4v) is 3.63. The van der Waals surface area contributed by atoms with Crippen LogP contribution in [0.3, 0.4) is 0 Å². The zero-order valence-electron chi connectivity index (χ0n) is 14.0. The lowest BCUT2D eigenvalue weighted by Gasteiger charge is -2.33. The molecular weight excluding hydrogens is 322 g/mol. The molecule has 0 aromatic carbocycles. The SMILES string of the molecule is Cc1cc(CC[C@H]2CN(C(=O)CCc3cccs3)CCO2)ncn1. The number of rotatable bonds is 6. The highest BCUT2D eigenvalue weighted by Gasteiger charge is 2.24. The molecule has 3 heterocycles. The maximum atomic E-state index is 12.4. The summed E-state index contributed by atoms with van der Waals surface area (Å²) in [5.74, 6) is 0.231. The number of hydrogen-bond acceptors (Lipinski definition) is 5. The topological polar surface area (TPSA) is 55.3 Å². The van der Waals surface area contributed by atoms with Crippen LogP contribution in [0.15, 0.2) is 29.9 Å². The number of carbonyl (C=O) groups excluding carboxylic acids is 1. The second kappa shape index (κ2) is 8.35. The third-order valence-corrected chi connectivity index (χ3v) is 5.18. The van der Waals surface area contributed by atoms with Crippen molar-refractivity contribution in [2.75, 3.05) is 19.7 Å². The van der Waals surface area contributed by atoms with Crippen molar-refractivity contribution in [1.82, 2.24) is 14.9 Å². The van der Waals surface area contributed by atoms with Crippen LogP contribution in [0.1, 0.15) is 29.1 Å². The predicted molar refractivity (Wildman–Crippen MR) is 94.1 cm³/mol. The van der Waals surface area contributed by atoms with Crippen molar-refractivity contribution >= 4 is 17.2 Å². The molecule has 1 atom stereocenters. The molecule has 0 unspecified atom stereocenters. The Morgan fingerprint density at radius 1 is 1.42 bits per heavy atom. The summed E-state index contributed by atoms with van der Waals surface area (Å²) in [5.41, 5.74) is 2.02. The van der Waals surface area contributed by atoms with E-state index in [0.717, 1.165) is 30.7 Å². The van der Waals surface area contributed by atoms with Gasteiger partial charge in [0.25, 0.3) is 0 Å². The van der Waals surface area contributed by atoms with Gasteiger partial charge >= 0.3 is 0 Å². The van der Waals surface area contributed by atoms with Crippen LogP contribution in [0, 0.1) is 6.92 Å². The van der Waals surface area contributed by atoms with Crippen LogP contribution in [0.25, 0.3) is 0 Å². The Morgan fingerprint density at radius 2 is 2.33 bits per heavy atom. The number of carbonyl (C=O) groups is 1. The van der Waals surface area contributed by atoms with Crippen LogP contribution in [0.5, 0.6) is 0 Å². The van der Waals surface area contributed by atoms with E-state index in [1.807, 2.05) is 24.0 Å². The predicted octanol–water partition coefficient (Wildman–Crippen LogP) is 2.64. The van der Waals surface area contributed by atoms with E-state index >= 15 is 0 Å². The van der Waals surface area contributed by atoms with Crippen molar-refractivity contribution in [3.8, 4) is 0 Å². The van der Waals surface area contributed by atoms with Gasteiger partial charge in [0.05, 0.1) is 12.7 Å². The first-order valence-corrected chi connectivity index (χ1v) is 9.28. The smallest absolute Gasteiger partial charge is 0.223 e. The Kier molecular flexibility index (Phi) is 5.93. The Bertz CT molecular complexity index is 660. The summed E-state index contributed by atoms with van der Waals surface area (Å²) in [6, 6.07) is 6.13. The minimum atomic E-state index is 0.0970. The molecule has 128 valence electrons. The Balaban J connectivity index is 1.46. The highest BCUT2D eigenvalue weighted by molar-refractivity contribution is 7.09. The summed E-state index contributed by atoms with van der Waals surface area (Å²) in [7, 11) is 0. The molecule has 1 saturated heterocycles. The zero-order chi connectivity index (χ0) is 16.8. The second-order valence-electron chi connectivity index (χ2n) is 6.10. The number of nitrogens with zero attached hydrogens (tertiary/aromatic N) is 3. The maximum absolute atomic E-state index is 12.4. The highest BCUT2D eigenvalue weighted by Crippen LogP contribution is 2.15. The molecule has 0 aliphatic carbocycles. The third kappa shape index (κ3) is 4.85. The molecule has 2 aromatic heterocycles. The lowest BCUT2D eigenvalue weighted by Crippen LogP contribution is -2.45. The van der Waals surface area contributed by atoms with Crippen molar-refractivity contribution in [3.05, 3.63) is 46.2 Å². The maximum Gasteiger partial charge on any atom is 0.223 e. The van der Waals surface area contributed by atoms with Gasteiger partial charge in [-0.1, -0.05) is 6.07 Å².